The number of fused-ring (bicyclic) bond motifs is 1. The van der Waals surface area contributed by atoms with Crippen LogP contribution in [0.15, 0.2) is 36.5 Å². The molecule has 0 saturated carbocycles. The number of para-hydroxylation sites is 2. The van der Waals surface area contributed by atoms with Crippen LogP contribution in [0.3, 0.4) is 0 Å². The molecule has 4 nitrogen and oxygen atoms in total. The molecule has 0 aliphatic carbocycles. The van der Waals surface area contributed by atoms with Gasteiger partial charge in [-0.15, -0.1) is 36.4 Å². The lowest BCUT2D eigenvalue weighted by Crippen LogP contribution is -2.19. The van der Waals surface area contributed by atoms with Gasteiger partial charge in [0.25, 0.3) is 0 Å². The molecule has 0 bridgehead atoms. The molecular weight excluding hydrogens is 434 g/mol. The Labute approximate surface area is 180 Å². The molecule has 142 valence electrons. The minimum absolute atomic E-state index is 0. The first kappa shape index (κ1) is 23.2. The highest BCUT2D eigenvalue weighted by Crippen LogP contribution is 2.36. The molecule has 3 rings (SSSR count). The van der Waals surface area contributed by atoms with Crippen molar-refractivity contribution in [3.05, 3.63) is 41.6 Å². The fraction of sp³-hybridized carbons (Fsp3) is 0.294. The number of halogens is 4. The summed E-state index contributed by atoms with van der Waals surface area (Å²) in [7, 11) is 2.01. The molecule has 0 saturated heterocycles. The molecule has 26 heavy (non-hydrogen) atoms. The van der Waals surface area contributed by atoms with E-state index in [1.807, 2.05) is 43.6 Å². The van der Waals surface area contributed by atoms with Crippen LogP contribution in [-0.4, -0.2) is 39.7 Å². The number of benzene rings is 1. The number of hydrogen-bond donors (Lipinski definition) is 0. The fourth-order valence-corrected chi connectivity index (χ4v) is 3.75. The van der Waals surface area contributed by atoms with Crippen molar-refractivity contribution in [1.29, 1.82) is 0 Å². The smallest absolute Gasteiger partial charge is 0.171 e. The predicted octanol–water partition coefficient (Wildman–Crippen LogP) is 5.79. The molecule has 2 aromatic heterocycles. The Morgan fingerprint density at radius 2 is 1.92 bits per heavy atom. The first-order valence-corrected chi connectivity index (χ1v) is 9.70. The Balaban J connectivity index is 0.00000169. The molecule has 1 aromatic carbocycles. The molecule has 3 aromatic rings. The number of nitrogens with zero attached hydrogens (tertiary/aromatic N) is 4. The normalized spacial score (nSPS) is 10.3. The highest BCUT2D eigenvalue weighted by atomic mass is 35.5. The van der Waals surface area contributed by atoms with E-state index in [0.717, 1.165) is 35.5 Å². The third kappa shape index (κ3) is 4.52. The van der Waals surface area contributed by atoms with Gasteiger partial charge in [-0.2, -0.15) is 0 Å². The van der Waals surface area contributed by atoms with E-state index in [1.54, 1.807) is 18.1 Å². The van der Waals surface area contributed by atoms with Crippen LogP contribution in [0.5, 0.6) is 0 Å². The van der Waals surface area contributed by atoms with Crippen molar-refractivity contribution in [2.75, 3.05) is 30.6 Å². The van der Waals surface area contributed by atoms with Gasteiger partial charge in [-0.05, 0) is 36.6 Å². The van der Waals surface area contributed by atoms with Crippen LogP contribution < -0.4 is 4.90 Å². The molecular formula is C17H20Cl4N4S. The van der Waals surface area contributed by atoms with Gasteiger partial charge in [-0.25, -0.2) is 4.98 Å². The zero-order valence-electron chi connectivity index (χ0n) is 14.4. The molecule has 2 heterocycles. The first-order valence-electron chi connectivity index (χ1n) is 7.61. The molecule has 0 radical (unpaired) electrons. The lowest BCUT2D eigenvalue weighted by atomic mass is 10.2. The second-order valence-electron chi connectivity index (χ2n) is 5.36. The van der Waals surface area contributed by atoms with Gasteiger partial charge in [-0.1, -0.05) is 23.7 Å². The number of aromatic nitrogens is 3. The first-order chi connectivity index (χ1) is 11.7. The van der Waals surface area contributed by atoms with Crippen molar-refractivity contribution in [3.8, 4) is 11.5 Å². The van der Waals surface area contributed by atoms with E-state index >= 15 is 0 Å². The van der Waals surface area contributed by atoms with Gasteiger partial charge >= 0.3 is 0 Å². The van der Waals surface area contributed by atoms with Crippen LogP contribution in [0, 0.1) is 0 Å². The van der Waals surface area contributed by atoms with Gasteiger partial charge in [0.15, 0.2) is 5.82 Å². The summed E-state index contributed by atoms with van der Waals surface area (Å²) in [4.78, 5) is 11.3. The van der Waals surface area contributed by atoms with Crippen LogP contribution in [0.25, 0.3) is 22.6 Å². The summed E-state index contributed by atoms with van der Waals surface area (Å²) in [5.74, 6) is 1.39. The minimum atomic E-state index is 0. The standard InChI is InChI=1S/C17H18Cl2N4S.2ClH/c1-22(11-5-9-18)14-8-10-20-16(15(14)19)17-21-12-6-3-4-7-13(12)23(17)24-2;;/h3-4,6-8,10H,5,9,11H2,1-2H3;2*1H. The minimum Gasteiger partial charge on any atom is -0.373 e. The fourth-order valence-electron chi connectivity index (χ4n) is 2.64. The van der Waals surface area contributed by atoms with Crippen LogP contribution in [0.2, 0.25) is 5.02 Å². The summed E-state index contributed by atoms with van der Waals surface area (Å²) in [6, 6.07) is 9.95. The van der Waals surface area contributed by atoms with Crippen molar-refractivity contribution in [1.82, 2.24) is 13.9 Å². The van der Waals surface area contributed by atoms with E-state index in [2.05, 4.69) is 13.9 Å². The molecule has 0 atom stereocenters. The number of pyridine rings is 1. The van der Waals surface area contributed by atoms with Gasteiger partial charge in [0.05, 0.1) is 21.7 Å². The van der Waals surface area contributed by atoms with Gasteiger partial charge in [-0.3, -0.25) is 8.96 Å². The van der Waals surface area contributed by atoms with Crippen molar-refractivity contribution >= 4 is 76.7 Å². The Hall–Kier alpha value is -0.850. The molecule has 9 heteroatoms. The molecule has 0 spiro atoms. The van der Waals surface area contributed by atoms with Crippen LogP contribution >= 0.6 is 60.0 Å². The number of hydrogen-bond acceptors (Lipinski definition) is 4. The third-order valence-corrected chi connectivity index (χ3v) is 5.20. The number of anilines is 1. The number of rotatable bonds is 6. The number of imidazole rings is 1. The summed E-state index contributed by atoms with van der Waals surface area (Å²) < 4.78 is 2.06. The van der Waals surface area contributed by atoms with Gasteiger partial charge < -0.3 is 4.90 Å². The topological polar surface area (TPSA) is 34.0 Å². The Bertz CT molecular complexity index is 856. The van der Waals surface area contributed by atoms with Gasteiger partial charge in [0.1, 0.15) is 5.69 Å². The monoisotopic (exact) mass is 452 g/mol. The van der Waals surface area contributed by atoms with E-state index < -0.39 is 0 Å². The maximum Gasteiger partial charge on any atom is 0.171 e. The number of alkyl halides is 1. The average Bonchev–Trinajstić information content (AvgIpc) is 2.98. The van der Waals surface area contributed by atoms with E-state index in [0.29, 0.717) is 16.6 Å². The quantitative estimate of drug-likeness (QED) is 0.442. The summed E-state index contributed by atoms with van der Waals surface area (Å²) in [5.41, 5.74) is 3.61. The lowest BCUT2D eigenvalue weighted by Gasteiger charge is -2.21. The summed E-state index contributed by atoms with van der Waals surface area (Å²) >= 11 is 14.1. The Morgan fingerprint density at radius 1 is 1.19 bits per heavy atom. The summed E-state index contributed by atoms with van der Waals surface area (Å²) in [6.07, 6.45) is 4.69. The zero-order valence-corrected chi connectivity index (χ0v) is 18.3. The Kier molecular flexibility index (Phi) is 9.34. The molecule has 0 aliphatic heterocycles. The summed E-state index contributed by atoms with van der Waals surface area (Å²) in [6.45, 7) is 0.839. The average molecular weight is 454 g/mol. The highest BCUT2D eigenvalue weighted by molar-refractivity contribution is 7.97. The largest absolute Gasteiger partial charge is 0.373 e. The van der Waals surface area contributed by atoms with E-state index in [4.69, 9.17) is 28.2 Å². The molecule has 0 unspecified atom stereocenters. The van der Waals surface area contributed by atoms with Crippen molar-refractivity contribution < 1.29 is 0 Å². The Morgan fingerprint density at radius 3 is 2.62 bits per heavy atom. The van der Waals surface area contributed by atoms with E-state index in [9.17, 15) is 0 Å². The lowest BCUT2D eigenvalue weighted by molar-refractivity contribution is 0.856. The maximum atomic E-state index is 6.67. The third-order valence-electron chi connectivity index (χ3n) is 3.82. The maximum absolute atomic E-state index is 6.67. The molecule has 0 amide bonds. The van der Waals surface area contributed by atoms with Crippen LogP contribution in [-0.2, 0) is 0 Å². The highest BCUT2D eigenvalue weighted by Gasteiger charge is 2.19. The van der Waals surface area contributed by atoms with Crippen molar-refractivity contribution in [2.45, 2.75) is 6.42 Å². The molecule has 0 aliphatic rings. The second-order valence-corrected chi connectivity index (χ2v) is 6.84. The van der Waals surface area contributed by atoms with Gasteiger partial charge in [0, 0.05) is 31.9 Å². The van der Waals surface area contributed by atoms with Crippen LogP contribution in [0.4, 0.5) is 5.69 Å². The SMILES string of the molecule is CSn1c(-c2nccc(N(C)CCCCl)c2Cl)nc2ccccc21.Cl.Cl. The summed E-state index contributed by atoms with van der Waals surface area (Å²) in [5, 5.41) is 0.611. The van der Waals surface area contributed by atoms with Crippen LogP contribution in [0.1, 0.15) is 6.42 Å². The zero-order chi connectivity index (χ0) is 17.1. The molecule has 0 N–H and O–H groups in total. The second kappa shape index (κ2) is 10.5. The molecule has 0 fully saturated rings. The predicted molar refractivity (Wildman–Crippen MR) is 120 cm³/mol. The van der Waals surface area contributed by atoms with Gasteiger partial charge in [0.2, 0.25) is 0 Å². The van der Waals surface area contributed by atoms with E-state index in [-0.39, 0.29) is 24.8 Å². The van der Waals surface area contributed by atoms with E-state index in [1.165, 1.54) is 0 Å². The van der Waals surface area contributed by atoms with Crippen molar-refractivity contribution in [3.63, 3.8) is 0 Å². The van der Waals surface area contributed by atoms with Crippen molar-refractivity contribution in [2.24, 2.45) is 0 Å².